The normalized spacial score (nSPS) is 10.8. The number of anilines is 1. The number of nitrogens with one attached hydrogen (secondary N) is 1. The molecule has 0 aliphatic rings. The largest absolute Gasteiger partial charge is 0.431 e. The Kier molecular flexibility index (Phi) is 3.87. The molecular weight excluding hydrogens is 270 g/mol. The van der Waals surface area contributed by atoms with E-state index in [9.17, 15) is 0 Å². The van der Waals surface area contributed by atoms with Crippen LogP contribution in [0.1, 0.15) is 12.6 Å². The molecule has 0 aliphatic heterocycles. The highest BCUT2D eigenvalue weighted by molar-refractivity contribution is 7.98. The van der Waals surface area contributed by atoms with Crippen molar-refractivity contribution in [2.75, 3.05) is 11.9 Å². The van der Waals surface area contributed by atoms with Crippen molar-refractivity contribution in [3.05, 3.63) is 48.3 Å². The van der Waals surface area contributed by atoms with Crippen LogP contribution in [-0.2, 0) is 5.75 Å². The van der Waals surface area contributed by atoms with Gasteiger partial charge in [-0.15, -0.1) is 0 Å². The third-order valence-electron chi connectivity index (χ3n) is 2.82. The van der Waals surface area contributed by atoms with E-state index in [1.54, 1.807) is 11.8 Å². The van der Waals surface area contributed by atoms with Crippen molar-refractivity contribution in [3.8, 4) is 0 Å². The van der Waals surface area contributed by atoms with Crippen LogP contribution in [0.5, 0.6) is 0 Å². The molecule has 0 fully saturated rings. The number of pyridine rings is 1. The number of para-hydroxylation sites is 2. The van der Waals surface area contributed by atoms with E-state index in [0.717, 1.165) is 34.8 Å². The zero-order chi connectivity index (χ0) is 13.8. The van der Waals surface area contributed by atoms with Crippen LogP contribution < -0.4 is 5.32 Å². The number of rotatable bonds is 5. The average Bonchev–Trinajstić information content (AvgIpc) is 2.89. The highest BCUT2D eigenvalue weighted by Gasteiger charge is 2.06. The molecule has 0 spiro atoms. The lowest BCUT2D eigenvalue weighted by molar-refractivity contribution is 0.489. The molecular formula is C15H15N3OS. The summed E-state index contributed by atoms with van der Waals surface area (Å²) in [6.45, 7) is 2.98. The highest BCUT2D eigenvalue weighted by atomic mass is 32.2. The van der Waals surface area contributed by atoms with Crippen molar-refractivity contribution in [2.45, 2.75) is 17.9 Å². The summed E-state index contributed by atoms with van der Waals surface area (Å²) in [6.07, 6.45) is 1.82. The van der Waals surface area contributed by atoms with Gasteiger partial charge in [-0.25, -0.2) is 4.98 Å². The first-order valence-electron chi connectivity index (χ1n) is 6.52. The average molecular weight is 285 g/mol. The molecule has 3 aromatic rings. The number of oxazole rings is 1. The second kappa shape index (κ2) is 5.96. The Bertz CT molecular complexity index is 678. The molecule has 0 bridgehead atoms. The van der Waals surface area contributed by atoms with E-state index < -0.39 is 0 Å². The van der Waals surface area contributed by atoms with Crippen LogP contribution in [-0.4, -0.2) is 16.5 Å². The maximum absolute atomic E-state index is 5.68. The van der Waals surface area contributed by atoms with Gasteiger partial charge in [-0.05, 0) is 31.2 Å². The zero-order valence-corrected chi connectivity index (χ0v) is 12.0. The third-order valence-corrected chi connectivity index (χ3v) is 3.68. The maximum atomic E-state index is 5.68. The lowest BCUT2D eigenvalue weighted by atomic mass is 10.3. The Morgan fingerprint density at radius 1 is 1.25 bits per heavy atom. The van der Waals surface area contributed by atoms with Gasteiger partial charge < -0.3 is 9.73 Å². The van der Waals surface area contributed by atoms with Crippen LogP contribution in [0.15, 0.2) is 52.2 Å². The molecule has 0 saturated carbocycles. The summed E-state index contributed by atoms with van der Waals surface area (Å²) in [5.74, 6) is 0.742. The molecule has 4 nitrogen and oxygen atoms in total. The van der Waals surface area contributed by atoms with E-state index in [0.29, 0.717) is 5.22 Å². The van der Waals surface area contributed by atoms with Crippen molar-refractivity contribution in [1.82, 2.24) is 9.97 Å². The Morgan fingerprint density at radius 2 is 2.15 bits per heavy atom. The first-order valence-corrected chi connectivity index (χ1v) is 7.51. The number of hydrogen-bond acceptors (Lipinski definition) is 5. The minimum absolute atomic E-state index is 0.682. The number of thioether (sulfide) groups is 1. The van der Waals surface area contributed by atoms with Crippen LogP contribution in [0, 0.1) is 0 Å². The molecule has 102 valence electrons. The van der Waals surface area contributed by atoms with Crippen molar-refractivity contribution in [1.29, 1.82) is 0 Å². The van der Waals surface area contributed by atoms with Gasteiger partial charge in [-0.2, -0.15) is 0 Å². The molecule has 1 N–H and O–H groups in total. The van der Waals surface area contributed by atoms with E-state index in [1.807, 2.05) is 36.5 Å². The molecule has 0 aliphatic carbocycles. The fraction of sp³-hybridized carbons (Fsp3) is 0.200. The van der Waals surface area contributed by atoms with Gasteiger partial charge in [0, 0.05) is 24.2 Å². The predicted molar refractivity (Wildman–Crippen MR) is 82.0 cm³/mol. The minimum Gasteiger partial charge on any atom is -0.431 e. The summed E-state index contributed by atoms with van der Waals surface area (Å²) in [5, 5.41) is 3.96. The SMILES string of the molecule is CCNc1ccnc(CSc2nc3ccccc3o2)c1. The molecule has 20 heavy (non-hydrogen) atoms. The van der Waals surface area contributed by atoms with Gasteiger partial charge in [0.2, 0.25) is 0 Å². The Hall–Kier alpha value is -2.01. The molecule has 2 aromatic heterocycles. The summed E-state index contributed by atoms with van der Waals surface area (Å²) in [4.78, 5) is 8.80. The fourth-order valence-electron chi connectivity index (χ4n) is 1.92. The molecule has 0 unspecified atom stereocenters. The van der Waals surface area contributed by atoms with E-state index in [-0.39, 0.29) is 0 Å². The highest BCUT2D eigenvalue weighted by Crippen LogP contribution is 2.26. The lowest BCUT2D eigenvalue weighted by Gasteiger charge is -2.04. The van der Waals surface area contributed by atoms with Crippen molar-refractivity contribution in [3.63, 3.8) is 0 Å². The van der Waals surface area contributed by atoms with E-state index in [4.69, 9.17) is 4.42 Å². The van der Waals surface area contributed by atoms with Gasteiger partial charge >= 0.3 is 0 Å². The fourth-order valence-corrected chi connectivity index (χ4v) is 2.66. The van der Waals surface area contributed by atoms with E-state index >= 15 is 0 Å². The standard InChI is InChI=1S/C15H15N3OS/c1-2-16-11-7-8-17-12(9-11)10-20-15-18-13-5-3-4-6-14(13)19-15/h3-9H,2,10H2,1H3,(H,16,17). The van der Waals surface area contributed by atoms with Crippen molar-refractivity contribution >= 4 is 28.5 Å². The minimum atomic E-state index is 0.682. The number of fused-ring (bicyclic) bond motifs is 1. The summed E-state index contributed by atoms with van der Waals surface area (Å²) < 4.78 is 5.68. The Morgan fingerprint density at radius 3 is 3.00 bits per heavy atom. The molecule has 0 atom stereocenters. The smallest absolute Gasteiger partial charge is 0.257 e. The maximum Gasteiger partial charge on any atom is 0.257 e. The number of nitrogens with zero attached hydrogens (tertiary/aromatic N) is 2. The summed E-state index contributed by atoms with van der Waals surface area (Å²) in [7, 11) is 0. The van der Waals surface area contributed by atoms with Crippen LogP contribution in [0.25, 0.3) is 11.1 Å². The van der Waals surface area contributed by atoms with Crippen molar-refractivity contribution in [2.24, 2.45) is 0 Å². The van der Waals surface area contributed by atoms with E-state index in [2.05, 4.69) is 28.3 Å². The van der Waals surface area contributed by atoms with Gasteiger partial charge in [0.25, 0.3) is 5.22 Å². The lowest BCUT2D eigenvalue weighted by Crippen LogP contribution is -1.97. The summed E-state index contributed by atoms with van der Waals surface area (Å²) >= 11 is 1.56. The summed E-state index contributed by atoms with van der Waals surface area (Å²) in [6, 6.07) is 11.8. The van der Waals surface area contributed by atoms with Crippen molar-refractivity contribution < 1.29 is 4.42 Å². The number of hydrogen-bond donors (Lipinski definition) is 1. The first-order chi connectivity index (χ1) is 9.85. The first kappa shape index (κ1) is 13.0. The number of benzene rings is 1. The molecule has 2 heterocycles. The van der Waals surface area contributed by atoms with Crippen LogP contribution >= 0.6 is 11.8 Å². The second-order valence-corrected chi connectivity index (χ2v) is 5.23. The second-order valence-electron chi connectivity index (χ2n) is 4.30. The van der Waals surface area contributed by atoms with Gasteiger partial charge in [0.1, 0.15) is 5.52 Å². The zero-order valence-electron chi connectivity index (χ0n) is 11.2. The van der Waals surface area contributed by atoms with Gasteiger partial charge in [-0.1, -0.05) is 23.9 Å². The van der Waals surface area contributed by atoms with Gasteiger partial charge in [0.05, 0.1) is 5.69 Å². The Labute approximate surface area is 121 Å². The van der Waals surface area contributed by atoms with E-state index in [1.165, 1.54) is 0 Å². The van der Waals surface area contributed by atoms with Crippen LogP contribution in [0.3, 0.4) is 0 Å². The number of aromatic nitrogens is 2. The molecule has 5 heteroatoms. The molecule has 3 rings (SSSR count). The third kappa shape index (κ3) is 2.93. The molecule has 0 saturated heterocycles. The summed E-state index contributed by atoms with van der Waals surface area (Å²) in [5.41, 5.74) is 3.82. The molecule has 0 radical (unpaired) electrons. The predicted octanol–water partition coefficient (Wildman–Crippen LogP) is 3.95. The van der Waals surface area contributed by atoms with Crippen LogP contribution in [0.2, 0.25) is 0 Å². The van der Waals surface area contributed by atoms with Crippen LogP contribution in [0.4, 0.5) is 5.69 Å². The topological polar surface area (TPSA) is 51.0 Å². The monoisotopic (exact) mass is 285 g/mol. The quantitative estimate of drug-likeness (QED) is 0.719. The molecule has 1 aromatic carbocycles. The Balaban J connectivity index is 1.71. The van der Waals surface area contributed by atoms with Gasteiger partial charge in [-0.3, -0.25) is 4.98 Å². The van der Waals surface area contributed by atoms with Gasteiger partial charge in [0.15, 0.2) is 5.58 Å². The molecule has 0 amide bonds.